The normalized spacial score (nSPS) is 24.5. The van der Waals surface area contributed by atoms with Gasteiger partial charge in [-0.3, -0.25) is 19.6 Å². The fourth-order valence-electron chi connectivity index (χ4n) is 3.32. The zero-order valence-corrected chi connectivity index (χ0v) is 16.2. The molecule has 9 heteroatoms. The number of halogens is 1. The Morgan fingerprint density at radius 2 is 2.12 bits per heavy atom. The highest BCUT2D eigenvalue weighted by Crippen LogP contribution is 2.17. The van der Waals surface area contributed by atoms with Crippen LogP contribution in [-0.2, 0) is 4.79 Å². The molecule has 0 aromatic heterocycles. The summed E-state index contributed by atoms with van der Waals surface area (Å²) in [6, 6.07) is 0.254. The van der Waals surface area contributed by atoms with E-state index in [0.717, 1.165) is 38.6 Å². The molecule has 24 heavy (non-hydrogen) atoms. The Labute approximate surface area is 159 Å². The molecule has 3 aliphatic rings. The molecule has 0 bridgehead atoms. The average Bonchev–Trinajstić information content (AvgIpc) is 3.27. The number of hydrogen-bond donors (Lipinski definition) is 2. The number of urea groups is 1. The summed E-state index contributed by atoms with van der Waals surface area (Å²) in [4.78, 5) is 33.3. The number of aliphatic imine (C=N–C) groups is 1. The summed E-state index contributed by atoms with van der Waals surface area (Å²) in [5.41, 5.74) is 0. The largest absolute Gasteiger partial charge is 0.354 e. The lowest BCUT2D eigenvalue weighted by Gasteiger charge is -2.25. The Balaban J connectivity index is 0.00000208. The van der Waals surface area contributed by atoms with E-state index in [1.807, 2.05) is 0 Å². The lowest BCUT2D eigenvalue weighted by Crippen LogP contribution is -2.45. The maximum absolute atomic E-state index is 11.5. The zero-order valence-electron chi connectivity index (χ0n) is 13.9. The van der Waals surface area contributed by atoms with Gasteiger partial charge < -0.3 is 15.5 Å². The van der Waals surface area contributed by atoms with Gasteiger partial charge in [-0.05, 0) is 6.42 Å². The fourth-order valence-corrected chi connectivity index (χ4v) is 3.32. The maximum atomic E-state index is 11.5. The van der Waals surface area contributed by atoms with Crippen molar-refractivity contribution in [3.05, 3.63) is 12.2 Å². The summed E-state index contributed by atoms with van der Waals surface area (Å²) in [5, 5.41) is 5.78. The van der Waals surface area contributed by atoms with Crippen molar-refractivity contribution in [1.82, 2.24) is 25.3 Å². The lowest BCUT2D eigenvalue weighted by molar-refractivity contribution is -0.124. The first-order valence-corrected chi connectivity index (χ1v) is 8.12. The highest BCUT2D eigenvalue weighted by Gasteiger charge is 2.30. The minimum absolute atomic E-state index is 0. The van der Waals surface area contributed by atoms with Gasteiger partial charge in [0.15, 0.2) is 5.96 Å². The Kier molecular flexibility index (Phi) is 6.84. The summed E-state index contributed by atoms with van der Waals surface area (Å²) < 4.78 is 0. The molecule has 0 aromatic rings. The zero-order chi connectivity index (χ0) is 16.2. The second-order valence-corrected chi connectivity index (χ2v) is 5.99. The SMILES string of the molecule is CN=C(NCCN1C(=O)CNC1=O)N1CCC(N2CC=CC2)C1.I. The molecule has 0 aromatic carbocycles. The first-order valence-electron chi connectivity index (χ1n) is 8.12. The van der Waals surface area contributed by atoms with Crippen LogP contribution in [0.2, 0.25) is 0 Å². The van der Waals surface area contributed by atoms with Crippen LogP contribution in [0.15, 0.2) is 17.1 Å². The van der Waals surface area contributed by atoms with Gasteiger partial charge in [-0.2, -0.15) is 0 Å². The average molecular weight is 448 g/mol. The highest BCUT2D eigenvalue weighted by atomic mass is 127. The predicted molar refractivity (Wildman–Crippen MR) is 103 cm³/mol. The standard InChI is InChI=1S/C15H24N6O2.HI/c1-16-14(17-5-9-21-13(22)10-18-15(21)23)20-8-4-12(11-20)19-6-2-3-7-19;/h2-3,12H,4-11H2,1H3,(H,16,17)(H,18,23);1H. The van der Waals surface area contributed by atoms with Gasteiger partial charge in [0.05, 0.1) is 6.54 Å². The van der Waals surface area contributed by atoms with Gasteiger partial charge >= 0.3 is 6.03 Å². The van der Waals surface area contributed by atoms with Crippen LogP contribution in [0.5, 0.6) is 0 Å². The number of nitrogens with zero attached hydrogens (tertiary/aromatic N) is 4. The molecule has 3 amide bonds. The molecule has 0 spiro atoms. The van der Waals surface area contributed by atoms with Crippen molar-refractivity contribution in [2.75, 3.05) is 52.9 Å². The quantitative estimate of drug-likeness (QED) is 0.203. The number of carbonyl (C=O) groups excluding carboxylic acids is 2. The van der Waals surface area contributed by atoms with Gasteiger partial charge in [-0.1, -0.05) is 12.2 Å². The van der Waals surface area contributed by atoms with Crippen molar-refractivity contribution in [3.63, 3.8) is 0 Å². The molecule has 8 nitrogen and oxygen atoms in total. The number of likely N-dealkylation sites (tertiary alicyclic amines) is 1. The number of carbonyl (C=O) groups is 2. The molecule has 3 rings (SSSR count). The molecule has 134 valence electrons. The monoisotopic (exact) mass is 448 g/mol. The molecule has 3 aliphatic heterocycles. The second-order valence-electron chi connectivity index (χ2n) is 5.99. The van der Waals surface area contributed by atoms with Gasteiger partial charge in [0.2, 0.25) is 5.91 Å². The van der Waals surface area contributed by atoms with Gasteiger partial charge in [0, 0.05) is 52.4 Å². The van der Waals surface area contributed by atoms with Crippen LogP contribution in [0.25, 0.3) is 0 Å². The van der Waals surface area contributed by atoms with E-state index in [0.29, 0.717) is 19.1 Å². The molecule has 2 N–H and O–H groups in total. The molecular weight excluding hydrogens is 423 g/mol. The van der Waals surface area contributed by atoms with Crippen molar-refractivity contribution in [3.8, 4) is 0 Å². The van der Waals surface area contributed by atoms with Gasteiger partial charge in [0.1, 0.15) is 0 Å². The molecule has 0 saturated carbocycles. The summed E-state index contributed by atoms with van der Waals surface area (Å²) in [6.45, 7) is 4.99. The molecule has 2 fully saturated rings. The number of amides is 3. The van der Waals surface area contributed by atoms with Crippen molar-refractivity contribution in [1.29, 1.82) is 0 Å². The minimum Gasteiger partial charge on any atom is -0.354 e. The van der Waals surface area contributed by atoms with Crippen LogP contribution in [0.3, 0.4) is 0 Å². The molecule has 1 unspecified atom stereocenters. The molecule has 0 aliphatic carbocycles. The third kappa shape index (κ3) is 4.18. The first-order chi connectivity index (χ1) is 11.2. The van der Waals surface area contributed by atoms with Gasteiger partial charge in [-0.25, -0.2) is 4.79 Å². The summed E-state index contributed by atoms with van der Waals surface area (Å²) in [6.07, 6.45) is 5.57. The maximum Gasteiger partial charge on any atom is 0.324 e. The van der Waals surface area contributed by atoms with Crippen molar-refractivity contribution < 1.29 is 9.59 Å². The van der Waals surface area contributed by atoms with Crippen LogP contribution in [0, 0.1) is 0 Å². The topological polar surface area (TPSA) is 80.3 Å². The van der Waals surface area contributed by atoms with Crippen LogP contribution in [0.4, 0.5) is 4.79 Å². The van der Waals surface area contributed by atoms with E-state index in [-0.39, 0.29) is 42.5 Å². The third-order valence-electron chi connectivity index (χ3n) is 4.59. The lowest BCUT2D eigenvalue weighted by atomic mass is 10.2. The Morgan fingerprint density at radius 1 is 1.38 bits per heavy atom. The minimum atomic E-state index is -0.311. The molecule has 3 heterocycles. The summed E-state index contributed by atoms with van der Waals surface area (Å²) in [5.74, 6) is 0.668. The third-order valence-corrected chi connectivity index (χ3v) is 4.59. The fraction of sp³-hybridized carbons (Fsp3) is 0.667. The summed E-state index contributed by atoms with van der Waals surface area (Å²) >= 11 is 0. The Hall–Kier alpha value is -1.36. The van der Waals surface area contributed by atoms with E-state index < -0.39 is 0 Å². The number of imide groups is 1. The van der Waals surface area contributed by atoms with E-state index in [1.165, 1.54) is 4.90 Å². The number of hydrogen-bond acceptors (Lipinski definition) is 4. The van der Waals surface area contributed by atoms with Crippen molar-refractivity contribution in [2.24, 2.45) is 4.99 Å². The van der Waals surface area contributed by atoms with E-state index in [2.05, 4.69) is 37.6 Å². The van der Waals surface area contributed by atoms with Gasteiger partial charge in [-0.15, -0.1) is 24.0 Å². The molecule has 0 radical (unpaired) electrons. The molecule has 2 saturated heterocycles. The molecular formula is C15H25IN6O2. The number of nitrogens with one attached hydrogen (secondary N) is 2. The van der Waals surface area contributed by atoms with Crippen LogP contribution < -0.4 is 10.6 Å². The van der Waals surface area contributed by atoms with Crippen molar-refractivity contribution >= 4 is 41.9 Å². The predicted octanol–water partition coefficient (Wildman–Crippen LogP) is -0.322. The number of rotatable bonds is 4. The Morgan fingerprint density at radius 3 is 2.75 bits per heavy atom. The van der Waals surface area contributed by atoms with E-state index >= 15 is 0 Å². The van der Waals surface area contributed by atoms with Crippen LogP contribution in [0.1, 0.15) is 6.42 Å². The highest BCUT2D eigenvalue weighted by molar-refractivity contribution is 14.0. The smallest absolute Gasteiger partial charge is 0.324 e. The number of guanidine groups is 1. The van der Waals surface area contributed by atoms with E-state index in [9.17, 15) is 9.59 Å². The second kappa shape index (κ2) is 8.65. The van der Waals surface area contributed by atoms with E-state index in [4.69, 9.17) is 0 Å². The Bertz CT molecular complexity index is 514. The van der Waals surface area contributed by atoms with Crippen molar-refractivity contribution in [2.45, 2.75) is 12.5 Å². The molecule has 1 atom stereocenters. The van der Waals surface area contributed by atoms with E-state index in [1.54, 1.807) is 7.05 Å². The first kappa shape index (κ1) is 19.0. The van der Waals surface area contributed by atoms with Crippen LogP contribution in [-0.4, -0.2) is 91.5 Å². The van der Waals surface area contributed by atoms with Gasteiger partial charge in [0.25, 0.3) is 0 Å². The van der Waals surface area contributed by atoms with Crippen LogP contribution >= 0.6 is 24.0 Å². The summed E-state index contributed by atoms with van der Waals surface area (Å²) in [7, 11) is 1.76.